The average Bonchev–Trinajstić information content (AvgIpc) is 2.70. The molecular formula is C11H17N5S. The van der Waals surface area contributed by atoms with E-state index in [2.05, 4.69) is 33.6 Å². The molecule has 0 amide bonds. The van der Waals surface area contributed by atoms with Gasteiger partial charge in [-0.2, -0.15) is 16.9 Å². The van der Waals surface area contributed by atoms with E-state index in [9.17, 15) is 0 Å². The zero-order chi connectivity index (χ0) is 12.3. The molecule has 6 heteroatoms. The first kappa shape index (κ1) is 12.2. The second kappa shape index (κ2) is 5.35. The Morgan fingerprint density at radius 2 is 2.29 bits per heavy atom. The maximum Gasteiger partial charge on any atom is 0.163 e. The zero-order valence-electron chi connectivity index (χ0n) is 10.3. The monoisotopic (exact) mass is 251 g/mol. The number of fused-ring (bicyclic) bond motifs is 1. The highest BCUT2D eigenvalue weighted by Crippen LogP contribution is 2.19. The van der Waals surface area contributed by atoms with E-state index in [1.807, 2.05) is 18.8 Å². The topological polar surface area (TPSA) is 55.6 Å². The second-order valence-electron chi connectivity index (χ2n) is 4.05. The Morgan fingerprint density at radius 3 is 3.06 bits per heavy atom. The summed E-state index contributed by atoms with van der Waals surface area (Å²) < 4.78 is 1.76. The molecule has 0 fully saturated rings. The molecule has 0 aromatic carbocycles. The lowest BCUT2D eigenvalue weighted by Crippen LogP contribution is -2.17. The highest BCUT2D eigenvalue weighted by Gasteiger charge is 2.09. The van der Waals surface area contributed by atoms with E-state index < -0.39 is 0 Å². The molecule has 92 valence electrons. The summed E-state index contributed by atoms with van der Waals surface area (Å²) >= 11 is 1.86. The lowest BCUT2D eigenvalue weighted by atomic mass is 10.2. The summed E-state index contributed by atoms with van der Waals surface area (Å²) in [6, 6.07) is 0.403. The van der Waals surface area contributed by atoms with Crippen LogP contribution in [-0.2, 0) is 7.05 Å². The van der Waals surface area contributed by atoms with Gasteiger partial charge in [0.2, 0.25) is 0 Å². The number of nitrogens with one attached hydrogen (secondary N) is 1. The smallest absolute Gasteiger partial charge is 0.163 e. The van der Waals surface area contributed by atoms with Gasteiger partial charge in [-0.15, -0.1) is 0 Å². The summed E-state index contributed by atoms with van der Waals surface area (Å²) in [6.45, 7) is 2.17. The minimum absolute atomic E-state index is 0.403. The van der Waals surface area contributed by atoms with E-state index in [1.165, 1.54) is 0 Å². The van der Waals surface area contributed by atoms with Crippen LogP contribution in [-0.4, -0.2) is 37.8 Å². The molecule has 0 bridgehead atoms. The number of rotatable bonds is 5. The summed E-state index contributed by atoms with van der Waals surface area (Å²) in [5.41, 5.74) is 0.861. The number of anilines is 1. The predicted octanol–water partition coefficient (Wildman–Crippen LogP) is 1.92. The van der Waals surface area contributed by atoms with E-state index in [4.69, 9.17) is 0 Å². The van der Waals surface area contributed by atoms with Crippen molar-refractivity contribution < 1.29 is 0 Å². The molecule has 17 heavy (non-hydrogen) atoms. The van der Waals surface area contributed by atoms with Crippen LogP contribution in [0.3, 0.4) is 0 Å². The summed E-state index contributed by atoms with van der Waals surface area (Å²) in [5, 5.41) is 8.59. The highest BCUT2D eigenvalue weighted by molar-refractivity contribution is 7.98. The van der Waals surface area contributed by atoms with Crippen LogP contribution in [0.15, 0.2) is 12.5 Å². The maximum absolute atomic E-state index is 4.29. The van der Waals surface area contributed by atoms with Crippen LogP contribution in [0.2, 0.25) is 0 Å². The molecule has 0 radical (unpaired) electrons. The van der Waals surface area contributed by atoms with Gasteiger partial charge in [-0.3, -0.25) is 4.68 Å². The van der Waals surface area contributed by atoms with Crippen molar-refractivity contribution in [1.82, 2.24) is 19.7 Å². The first-order chi connectivity index (χ1) is 8.22. The average molecular weight is 251 g/mol. The molecule has 2 aromatic rings. The molecular weight excluding hydrogens is 234 g/mol. The third-order valence-electron chi connectivity index (χ3n) is 2.67. The third-order valence-corrected chi connectivity index (χ3v) is 3.31. The number of hydrogen-bond acceptors (Lipinski definition) is 5. The van der Waals surface area contributed by atoms with Crippen LogP contribution in [0.25, 0.3) is 11.0 Å². The van der Waals surface area contributed by atoms with Crippen LogP contribution in [0.5, 0.6) is 0 Å². The van der Waals surface area contributed by atoms with Crippen molar-refractivity contribution in [2.24, 2.45) is 7.05 Å². The Balaban J connectivity index is 2.18. The fourth-order valence-electron chi connectivity index (χ4n) is 1.68. The van der Waals surface area contributed by atoms with E-state index in [0.717, 1.165) is 29.0 Å². The van der Waals surface area contributed by atoms with Crippen molar-refractivity contribution in [2.75, 3.05) is 17.3 Å². The number of aromatic nitrogens is 4. The largest absolute Gasteiger partial charge is 0.367 e. The summed E-state index contributed by atoms with van der Waals surface area (Å²) in [5.74, 6) is 2.02. The van der Waals surface area contributed by atoms with Crippen LogP contribution in [0.4, 0.5) is 5.82 Å². The molecule has 1 atom stereocenters. The first-order valence-electron chi connectivity index (χ1n) is 5.60. The molecule has 0 aliphatic rings. The van der Waals surface area contributed by atoms with Crippen molar-refractivity contribution in [3.8, 4) is 0 Å². The van der Waals surface area contributed by atoms with Gasteiger partial charge in [0.1, 0.15) is 12.1 Å². The first-order valence-corrected chi connectivity index (χ1v) is 7.00. The van der Waals surface area contributed by atoms with Crippen LogP contribution >= 0.6 is 11.8 Å². The van der Waals surface area contributed by atoms with Crippen molar-refractivity contribution in [1.29, 1.82) is 0 Å². The molecule has 0 aliphatic carbocycles. The third kappa shape index (κ3) is 2.69. The quantitative estimate of drug-likeness (QED) is 0.879. The Labute approximate surface area is 105 Å². The molecule has 1 N–H and O–H groups in total. The Hall–Kier alpha value is -1.30. The van der Waals surface area contributed by atoms with Crippen molar-refractivity contribution in [3.05, 3.63) is 12.5 Å². The molecule has 2 aromatic heterocycles. The van der Waals surface area contributed by atoms with Crippen LogP contribution in [0, 0.1) is 0 Å². The number of thioether (sulfide) groups is 1. The standard InChI is InChI=1S/C11H17N5S/c1-8(4-5-17-3)15-10-9-6-14-16(2)11(9)13-7-12-10/h6-8H,4-5H2,1-3H3,(H,12,13,15). The van der Waals surface area contributed by atoms with Gasteiger partial charge in [-0.25, -0.2) is 9.97 Å². The molecule has 0 spiro atoms. The predicted molar refractivity (Wildman–Crippen MR) is 72.4 cm³/mol. The SMILES string of the molecule is CSCCC(C)Nc1ncnc2c1cnn2C. The van der Waals surface area contributed by atoms with Gasteiger partial charge in [0.15, 0.2) is 5.65 Å². The van der Waals surface area contributed by atoms with Crippen molar-refractivity contribution >= 4 is 28.6 Å². The molecule has 2 heterocycles. The lowest BCUT2D eigenvalue weighted by molar-refractivity contribution is 0.767. The number of hydrogen-bond donors (Lipinski definition) is 1. The zero-order valence-corrected chi connectivity index (χ0v) is 11.2. The van der Waals surface area contributed by atoms with E-state index in [0.29, 0.717) is 6.04 Å². The van der Waals surface area contributed by atoms with E-state index in [-0.39, 0.29) is 0 Å². The lowest BCUT2D eigenvalue weighted by Gasteiger charge is -2.13. The van der Waals surface area contributed by atoms with Gasteiger partial charge in [0.25, 0.3) is 0 Å². The Kier molecular flexibility index (Phi) is 3.83. The highest BCUT2D eigenvalue weighted by atomic mass is 32.2. The summed E-state index contributed by atoms with van der Waals surface area (Å²) in [4.78, 5) is 8.50. The fourth-order valence-corrected chi connectivity index (χ4v) is 2.27. The second-order valence-corrected chi connectivity index (χ2v) is 5.04. The van der Waals surface area contributed by atoms with Gasteiger partial charge in [-0.1, -0.05) is 0 Å². The molecule has 2 rings (SSSR count). The minimum atomic E-state index is 0.403. The minimum Gasteiger partial charge on any atom is -0.367 e. The van der Waals surface area contributed by atoms with Crippen molar-refractivity contribution in [3.63, 3.8) is 0 Å². The molecule has 0 aliphatic heterocycles. The maximum atomic E-state index is 4.29. The van der Waals surface area contributed by atoms with Crippen LogP contribution in [0.1, 0.15) is 13.3 Å². The van der Waals surface area contributed by atoms with Crippen LogP contribution < -0.4 is 5.32 Å². The fraction of sp³-hybridized carbons (Fsp3) is 0.545. The van der Waals surface area contributed by atoms with E-state index >= 15 is 0 Å². The van der Waals surface area contributed by atoms with Gasteiger partial charge < -0.3 is 5.32 Å². The van der Waals surface area contributed by atoms with Crippen molar-refractivity contribution in [2.45, 2.75) is 19.4 Å². The van der Waals surface area contributed by atoms with Gasteiger partial charge >= 0.3 is 0 Å². The molecule has 0 saturated heterocycles. The molecule has 1 unspecified atom stereocenters. The van der Waals surface area contributed by atoms with Gasteiger partial charge in [-0.05, 0) is 25.4 Å². The number of aryl methyl sites for hydroxylation is 1. The van der Waals surface area contributed by atoms with Gasteiger partial charge in [0.05, 0.1) is 11.6 Å². The van der Waals surface area contributed by atoms with E-state index in [1.54, 1.807) is 17.2 Å². The molecule has 0 saturated carbocycles. The molecule has 5 nitrogen and oxygen atoms in total. The number of nitrogens with zero attached hydrogens (tertiary/aromatic N) is 4. The van der Waals surface area contributed by atoms with Gasteiger partial charge in [0, 0.05) is 13.1 Å². The Morgan fingerprint density at radius 1 is 1.47 bits per heavy atom. The Bertz CT molecular complexity index is 496. The normalized spacial score (nSPS) is 12.9. The summed E-state index contributed by atoms with van der Waals surface area (Å²) in [6.07, 6.45) is 6.62. The summed E-state index contributed by atoms with van der Waals surface area (Å²) in [7, 11) is 1.89.